The summed E-state index contributed by atoms with van der Waals surface area (Å²) in [4.78, 5) is 14.6. The van der Waals surface area contributed by atoms with Crippen molar-refractivity contribution in [2.45, 2.75) is 13.8 Å². The van der Waals surface area contributed by atoms with Crippen LogP contribution in [0.2, 0.25) is 0 Å². The number of amides is 2. The van der Waals surface area contributed by atoms with E-state index >= 15 is 0 Å². The molecule has 4 nitrogen and oxygen atoms in total. The molecule has 2 rings (SSSR count). The molecule has 1 aromatic carbocycles. The average Bonchev–Trinajstić information content (AvgIpc) is 2.57. The highest BCUT2D eigenvalue weighted by atomic mass is 16.2. The van der Waals surface area contributed by atoms with Crippen molar-refractivity contribution >= 4 is 22.6 Å². The molecule has 0 fully saturated rings. The van der Waals surface area contributed by atoms with Crippen molar-refractivity contribution in [1.82, 2.24) is 10.3 Å². The number of hydrogen-bond donors (Lipinski definition) is 3. The number of carbonyl (C=O) groups excluding carboxylic acids is 1. The quantitative estimate of drug-likeness (QED) is 0.711. The van der Waals surface area contributed by atoms with Gasteiger partial charge in [0.2, 0.25) is 0 Å². The number of hydrogen-bond acceptors (Lipinski definition) is 1. The summed E-state index contributed by atoms with van der Waals surface area (Å²) in [5.74, 6) is 0. The van der Waals surface area contributed by atoms with E-state index in [4.69, 9.17) is 0 Å². The van der Waals surface area contributed by atoms with Gasteiger partial charge in [0.25, 0.3) is 0 Å². The third-order valence-electron chi connectivity index (χ3n) is 2.35. The fourth-order valence-electron chi connectivity index (χ4n) is 1.69. The molecule has 0 bridgehead atoms. The Balaban J connectivity index is 2.22. The third-order valence-corrected chi connectivity index (χ3v) is 2.35. The van der Waals surface area contributed by atoms with Crippen LogP contribution in [-0.2, 0) is 0 Å². The van der Waals surface area contributed by atoms with E-state index < -0.39 is 0 Å². The third kappa shape index (κ3) is 2.16. The summed E-state index contributed by atoms with van der Waals surface area (Å²) in [6.45, 7) is 4.52. The number of benzene rings is 1. The minimum atomic E-state index is -0.172. The van der Waals surface area contributed by atoms with Crippen molar-refractivity contribution in [3.63, 3.8) is 0 Å². The Morgan fingerprint density at radius 1 is 1.38 bits per heavy atom. The summed E-state index contributed by atoms with van der Waals surface area (Å²) < 4.78 is 0. The van der Waals surface area contributed by atoms with E-state index in [0.29, 0.717) is 6.54 Å². The van der Waals surface area contributed by atoms with Crippen molar-refractivity contribution in [2.75, 3.05) is 11.9 Å². The number of anilines is 1. The lowest BCUT2D eigenvalue weighted by molar-refractivity contribution is 0.252. The fraction of sp³-hybridized carbons (Fsp3) is 0.250. The zero-order chi connectivity index (χ0) is 11.5. The molecule has 0 aliphatic rings. The van der Waals surface area contributed by atoms with Crippen molar-refractivity contribution in [2.24, 2.45) is 0 Å². The first-order valence-electron chi connectivity index (χ1n) is 5.33. The van der Waals surface area contributed by atoms with Crippen LogP contribution in [0, 0.1) is 6.92 Å². The van der Waals surface area contributed by atoms with E-state index in [1.165, 1.54) is 0 Å². The minimum Gasteiger partial charge on any atom is -0.359 e. The van der Waals surface area contributed by atoms with E-state index in [-0.39, 0.29) is 6.03 Å². The maximum Gasteiger partial charge on any atom is 0.319 e. The second kappa shape index (κ2) is 4.26. The van der Waals surface area contributed by atoms with Crippen LogP contribution in [0.15, 0.2) is 24.3 Å². The summed E-state index contributed by atoms with van der Waals surface area (Å²) in [7, 11) is 0. The Hall–Kier alpha value is -1.97. The lowest BCUT2D eigenvalue weighted by atomic mass is 10.2. The highest BCUT2D eigenvalue weighted by Gasteiger charge is 2.02. The van der Waals surface area contributed by atoms with Gasteiger partial charge in [-0.05, 0) is 38.1 Å². The Kier molecular flexibility index (Phi) is 2.81. The van der Waals surface area contributed by atoms with Crippen LogP contribution in [0.4, 0.5) is 10.5 Å². The van der Waals surface area contributed by atoms with Crippen molar-refractivity contribution in [3.05, 3.63) is 30.0 Å². The molecule has 2 amide bonds. The first-order chi connectivity index (χ1) is 7.69. The first-order valence-corrected chi connectivity index (χ1v) is 5.33. The number of nitrogens with one attached hydrogen (secondary N) is 3. The molecule has 0 spiro atoms. The SMILES string of the molecule is CCNC(=O)Nc1ccc2[nH]c(C)cc2c1. The van der Waals surface area contributed by atoms with E-state index in [9.17, 15) is 4.79 Å². The largest absolute Gasteiger partial charge is 0.359 e. The molecule has 84 valence electrons. The molecule has 4 heteroatoms. The number of fused-ring (bicyclic) bond motifs is 1. The standard InChI is InChI=1S/C12H15N3O/c1-3-13-12(16)15-10-4-5-11-9(7-10)6-8(2)14-11/h4-7,14H,3H2,1-2H3,(H2,13,15,16). The van der Waals surface area contributed by atoms with E-state index in [2.05, 4.69) is 21.7 Å². The summed E-state index contributed by atoms with van der Waals surface area (Å²) in [6.07, 6.45) is 0. The zero-order valence-corrected chi connectivity index (χ0v) is 9.42. The van der Waals surface area contributed by atoms with Crippen molar-refractivity contribution < 1.29 is 4.79 Å². The highest BCUT2D eigenvalue weighted by Crippen LogP contribution is 2.19. The van der Waals surface area contributed by atoms with Crippen LogP contribution in [0.25, 0.3) is 10.9 Å². The smallest absolute Gasteiger partial charge is 0.319 e. The molecule has 0 atom stereocenters. The normalized spacial score (nSPS) is 10.4. The molecule has 2 aromatic rings. The van der Waals surface area contributed by atoms with Crippen molar-refractivity contribution in [1.29, 1.82) is 0 Å². The molecule has 1 aromatic heterocycles. The molecule has 1 heterocycles. The first kappa shape index (κ1) is 10.5. The molecule has 16 heavy (non-hydrogen) atoms. The van der Waals surface area contributed by atoms with E-state index in [1.54, 1.807) is 0 Å². The van der Waals surface area contributed by atoms with Gasteiger partial charge in [0.1, 0.15) is 0 Å². The Bertz CT molecular complexity index is 516. The van der Waals surface area contributed by atoms with Crippen LogP contribution >= 0.6 is 0 Å². The molecule has 0 saturated heterocycles. The average molecular weight is 217 g/mol. The van der Waals surface area contributed by atoms with Crippen LogP contribution in [0.3, 0.4) is 0 Å². The number of aromatic nitrogens is 1. The number of H-pyrrole nitrogens is 1. The minimum absolute atomic E-state index is 0.172. The number of rotatable bonds is 2. The second-order valence-electron chi connectivity index (χ2n) is 3.74. The predicted octanol–water partition coefficient (Wildman–Crippen LogP) is 2.62. The topological polar surface area (TPSA) is 56.9 Å². The molecule has 3 N–H and O–H groups in total. The monoisotopic (exact) mass is 217 g/mol. The van der Waals surface area contributed by atoms with Crippen LogP contribution < -0.4 is 10.6 Å². The Morgan fingerprint density at radius 2 is 2.19 bits per heavy atom. The van der Waals surface area contributed by atoms with Gasteiger partial charge in [0.05, 0.1) is 0 Å². The predicted molar refractivity (Wildman–Crippen MR) is 65.7 cm³/mol. The van der Waals surface area contributed by atoms with E-state index in [1.807, 2.05) is 32.0 Å². The summed E-state index contributed by atoms with van der Waals surface area (Å²) in [6, 6.07) is 7.68. The Morgan fingerprint density at radius 3 is 2.94 bits per heavy atom. The summed E-state index contributed by atoms with van der Waals surface area (Å²) in [5.41, 5.74) is 3.00. The number of aromatic amines is 1. The lowest BCUT2D eigenvalue weighted by Gasteiger charge is -2.05. The van der Waals surface area contributed by atoms with Gasteiger partial charge in [-0.3, -0.25) is 0 Å². The highest BCUT2D eigenvalue weighted by molar-refractivity contribution is 5.92. The molecule has 0 radical (unpaired) electrons. The summed E-state index contributed by atoms with van der Waals surface area (Å²) >= 11 is 0. The lowest BCUT2D eigenvalue weighted by Crippen LogP contribution is -2.28. The van der Waals surface area contributed by atoms with Gasteiger partial charge >= 0.3 is 6.03 Å². The molecule has 0 aliphatic carbocycles. The molecule has 0 aliphatic heterocycles. The second-order valence-corrected chi connectivity index (χ2v) is 3.74. The molecular formula is C12H15N3O. The van der Waals surface area contributed by atoms with Gasteiger partial charge in [-0.2, -0.15) is 0 Å². The van der Waals surface area contributed by atoms with Gasteiger partial charge in [-0.25, -0.2) is 4.79 Å². The summed E-state index contributed by atoms with van der Waals surface area (Å²) in [5, 5.41) is 6.57. The molecule has 0 unspecified atom stereocenters. The van der Waals surface area contributed by atoms with Gasteiger partial charge in [0.15, 0.2) is 0 Å². The zero-order valence-electron chi connectivity index (χ0n) is 9.42. The van der Waals surface area contributed by atoms with Gasteiger partial charge < -0.3 is 15.6 Å². The Labute approximate surface area is 94.0 Å². The van der Waals surface area contributed by atoms with Crippen LogP contribution in [0.1, 0.15) is 12.6 Å². The number of aryl methyl sites for hydroxylation is 1. The molecular weight excluding hydrogens is 202 g/mol. The fourth-order valence-corrected chi connectivity index (χ4v) is 1.69. The molecule has 0 saturated carbocycles. The van der Waals surface area contributed by atoms with Gasteiger partial charge in [-0.15, -0.1) is 0 Å². The van der Waals surface area contributed by atoms with Crippen molar-refractivity contribution in [3.8, 4) is 0 Å². The van der Waals surface area contributed by atoms with Crippen LogP contribution in [0.5, 0.6) is 0 Å². The number of carbonyl (C=O) groups is 1. The van der Waals surface area contributed by atoms with Gasteiger partial charge in [-0.1, -0.05) is 0 Å². The number of urea groups is 1. The van der Waals surface area contributed by atoms with E-state index in [0.717, 1.165) is 22.3 Å². The maximum atomic E-state index is 11.3. The maximum absolute atomic E-state index is 11.3. The van der Waals surface area contributed by atoms with Crippen LogP contribution in [-0.4, -0.2) is 17.6 Å². The van der Waals surface area contributed by atoms with Gasteiger partial charge in [0, 0.05) is 28.8 Å².